The molecule has 1 saturated carbocycles. The van der Waals surface area contributed by atoms with Crippen LogP contribution in [0.25, 0.3) is 0 Å². The largest absolute Gasteiger partial charge is 0.327 e. The predicted octanol–water partition coefficient (Wildman–Crippen LogP) is 1.87. The average Bonchev–Trinajstić information content (AvgIpc) is 1.96. The standard InChI is InChI=1S/C10H19NO/c1-8(12)9-6-4-2-3-5-7-10(9)11/h9-10H,2-7,11H2,1H3/t9-,10-/m0/s1. The molecule has 0 radical (unpaired) electrons. The fourth-order valence-corrected chi connectivity index (χ4v) is 2.02. The van der Waals surface area contributed by atoms with E-state index in [-0.39, 0.29) is 17.7 Å². The van der Waals surface area contributed by atoms with E-state index in [0.717, 1.165) is 12.8 Å². The summed E-state index contributed by atoms with van der Waals surface area (Å²) in [6, 6.07) is 0.128. The maximum Gasteiger partial charge on any atom is 0.134 e. The zero-order valence-electron chi connectivity index (χ0n) is 7.88. The molecule has 0 unspecified atom stereocenters. The lowest BCUT2D eigenvalue weighted by Crippen LogP contribution is -2.35. The molecule has 0 aliphatic heterocycles. The third-order valence-electron chi connectivity index (χ3n) is 2.84. The molecule has 0 aromatic heterocycles. The maximum absolute atomic E-state index is 11.2. The first-order chi connectivity index (χ1) is 5.72. The van der Waals surface area contributed by atoms with Crippen LogP contribution in [0.15, 0.2) is 0 Å². The van der Waals surface area contributed by atoms with Crippen molar-refractivity contribution in [2.24, 2.45) is 11.7 Å². The Kier molecular flexibility index (Phi) is 3.73. The monoisotopic (exact) mass is 169 g/mol. The Labute approximate surface area is 74.5 Å². The highest BCUT2D eigenvalue weighted by Gasteiger charge is 2.22. The number of Topliss-reactive ketones (excluding diaryl/α,β-unsaturated/α-hetero) is 1. The Morgan fingerprint density at radius 1 is 1.17 bits per heavy atom. The summed E-state index contributed by atoms with van der Waals surface area (Å²) >= 11 is 0. The molecule has 0 spiro atoms. The van der Waals surface area contributed by atoms with Crippen LogP contribution in [0, 0.1) is 5.92 Å². The van der Waals surface area contributed by atoms with Crippen molar-refractivity contribution in [3.8, 4) is 0 Å². The van der Waals surface area contributed by atoms with Gasteiger partial charge >= 0.3 is 0 Å². The van der Waals surface area contributed by atoms with E-state index in [1.807, 2.05) is 0 Å². The summed E-state index contributed by atoms with van der Waals surface area (Å²) in [5.74, 6) is 0.426. The van der Waals surface area contributed by atoms with Crippen LogP contribution in [0.5, 0.6) is 0 Å². The summed E-state index contributed by atoms with van der Waals surface area (Å²) in [6.07, 6.45) is 6.98. The number of hydrogen-bond donors (Lipinski definition) is 1. The van der Waals surface area contributed by atoms with Crippen LogP contribution in [-0.4, -0.2) is 11.8 Å². The summed E-state index contributed by atoms with van der Waals surface area (Å²) in [4.78, 5) is 11.2. The molecule has 0 bridgehead atoms. The molecule has 1 aliphatic carbocycles. The van der Waals surface area contributed by atoms with Gasteiger partial charge in [0, 0.05) is 12.0 Å². The van der Waals surface area contributed by atoms with Crippen molar-refractivity contribution in [3.05, 3.63) is 0 Å². The highest BCUT2D eigenvalue weighted by molar-refractivity contribution is 5.78. The van der Waals surface area contributed by atoms with Crippen LogP contribution in [-0.2, 0) is 4.79 Å². The maximum atomic E-state index is 11.2. The zero-order chi connectivity index (χ0) is 8.97. The summed E-state index contributed by atoms with van der Waals surface area (Å²) in [5.41, 5.74) is 5.93. The average molecular weight is 169 g/mol. The molecular weight excluding hydrogens is 150 g/mol. The third kappa shape index (κ3) is 2.59. The molecule has 0 heterocycles. The van der Waals surface area contributed by atoms with Gasteiger partial charge in [-0.3, -0.25) is 4.79 Å². The second-order valence-electron chi connectivity index (χ2n) is 3.87. The van der Waals surface area contributed by atoms with Gasteiger partial charge in [0.2, 0.25) is 0 Å². The normalized spacial score (nSPS) is 32.2. The van der Waals surface area contributed by atoms with Crippen molar-refractivity contribution in [2.75, 3.05) is 0 Å². The van der Waals surface area contributed by atoms with E-state index in [1.54, 1.807) is 6.92 Å². The SMILES string of the molecule is CC(=O)[C@@H]1CCCCCC[C@@H]1N. The Morgan fingerprint density at radius 3 is 2.33 bits per heavy atom. The minimum Gasteiger partial charge on any atom is -0.327 e. The number of carbonyl (C=O) groups is 1. The molecule has 2 heteroatoms. The van der Waals surface area contributed by atoms with E-state index in [2.05, 4.69) is 0 Å². The van der Waals surface area contributed by atoms with Crippen molar-refractivity contribution in [3.63, 3.8) is 0 Å². The van der Waals surface area contributed by atoms with Gasteiger partial charge in [-0.1, -0.05) is 25.7 Å². The van der Waals surface area contributed by atoms with E-state index < -0.39 is 0 Å². The highest BCUT2D eigenvalue weighted by Crippen LogP contribution is 2.21. The fourth-order valence-electron chi connectivity index (χ4n) is 2.02. The highest BCUT2D eigenvalue weighted by atomic mass is 16.1. The van der Waals surface area contributed by atoms with E-state index in [1.165, 1.54) is 25.7 Å². The number of hydrogen-bond acceptors (Lipinski definition) is 2. The lowest BCUT2D eigenvalue weighted by molar-refractivity contribution is -0.121. The number of carbonyl (C=O) groups excluding carboxylic acids is 1. The van der Waals surface area contributed by atoms with E-state index in [4.69, 9.17) is 5.73 Å². The number of rotatable bonds is 1. The first-order valence-electron chi connectivity index (χ1n) is 4.98. The quantitative estimate of drug-likeness (QED) is 0.651. The van der Waals surface area contributed by atoms with Crippen molar-refractivity contribution in [2.45, 2.75) is 51.5 Å². The number of nitrogens with two attached hydrogens (primary N) is 1. The van der Waals surface area contributed by atoms with Crippen molar-refractivity contribution >= 4 is 5.78 Å². The fraction of sp³-hybridized carbons (Fsp3) is 0.900. The summed E-state index contributed by atoms with van der Waals surface area (Å²) < 4.78 is 0. The second kappa shape index (κ2) is 4.61. The van der Waals surface area contributed by atoms with Crippen molar-refractivity contribution in [1.29, 1.82) is 0 Å². The van der Waals surface area contributed by atoms with Crippen molar-refractivity contribution < 1.29 is 4.79 Å². The van der Waals surface area contributed by atoms with Crippen LogP contribution in [0.1, 0.15) is 45.4 Å². The predicted molar refractivity (Wildman–Crippen MR) is 49.8 cm³/mol. The summed E-state index contributed by atoms with van der Waals surface area (Å²) in [6.45, 7) is 1.67. The van der Waals surface area contributed by atoms with Crippen LogP contribution in [0.3, 0.4) is 0 Å². The molecule has 0 aromatic rings. The minimum atomic E-state index is 0.128. The Balaban J connectivity index is 2.48. The molecule has 1 rings (SSSR count). The molecule has 0 saturated heterocycles. The van der Waals surface area contributed by atoms with Gasteiger partial charge in [-0.15, -0.1) is 0 Å². The molecular formula is C10H19NO. The first kappa shape index (κ1) is 9.72. The molecule has 0 amide bonds. The molecule has 2 atom stereocenters. The number of ketones is 1. The third-order valence-corrected chi connectivity index (χ3v) is 2.84. The topological polar surface area (TPSA) is 43.1 Å². The van der Waals surface area contributed by atoms with Crippen LogP contribution < -0.4 is 5.73 Å². The lowest BCUT2D eigenvalue weighted by Gasteiger charge is -2.23. The van der Waals surface area contributed by atoms with Gasteiger partial charge in [0.25, 0.3) is 0 Å². The zero-order valence-corrected chi connectivity index (χ0v) is 7.88. The molecule has 0 aromatic carbocycles. The molecule has 1 fully saturated rings. The van der Waals surface area contributed by atoms with Gasteiger partial charge < -0.3 is 5.73 Å². The van der Waals surface area contributed by atoms with Gasteiger partial charge in [-0.2, -0.15) is 0 Å². The lowest BCUT2D eigenvalue weighted by atomic mass is 9.85. The molecule has 70 valence electrons. The van der Waals surface area contributed by atoms with Crippen LogP contribution >= 0.6 is 0 Å². The van der Waals surface area contributed by atoms with Crippen LogP contribution in [0.4, 0.5) is 0 Å². The van der Waals surface area contributed by atoms with Gasteiger partial charge in [-0.25, -0.2) is 0 Å². The van der Waals surface area contributed by atoms with Crippen LogP contribution in [0.2, 0.25) is 0 Å². The van der Waals surface area contributed by atoms with E-state index >= 15 is 0 Å². The van der Waals surface area contributed by atoms with Gasteiger partial charge in [0.15, 0.2) is 0 Å². The molecule has 2 N–H and O–H groups in total. The molecule has 12 heavy (non-hydrogen) atoms. The minimum absolute atomic E-state index is 0.128. The van der Waals surface area contributed by atoms with Gasteiger partial charge in [-0.05, 0) is 19.8 Å². The Hall–Kier alpha value is -0.370. The van der Waals surface area contributed by atoms with E-state index in [0.29, 0.717) is 0 Å². The summed E-state index contributed by atoms with van der Waals surface area (Å²) in [5, 5.41) is 0. The van der Waals surface area contributed by atoms with Gasteiger partial charge in [0.05, 0.1) is 0 Å². The Morgan fingerprint density at radius 2 is 1.75 bits per heavy atom. The second-order valence-corrected chi connectivity index (χ2v) is 3.87. The Bertz CT molecular complexity index is 156. The van der Waals surface area contributed by atoms with Gasteiger partial charge in [0.1, 0.15) is 5.78 Å². The van der Waals surface area contributed by atoms with Crippen molar-refractivity contribution in [1.82, 2.24) is 0 Å². The smallest absolute Gasteiger partial charge is 0.134 e. The molecule has 1 aliphatic rings. The molecule has 2 nitrogen and oxygen atoms in total. The first-order valence-corrected chi connectivity index (χ1v) is 4.98. The summed E-state index contributed by atoms with van der Waals surface area (Å²) in [7, 11) is 0. The van der Waals surface area contributed by atoms with E-state index in [9.17, 15) is 4.79 Å².